The third-order valence-electron chi connectivity index (χ3n) is 4.01. The normalized spacial score (nSPS) is 11.1. The van der Waals surface area contributed by atoms with Gasteiger partial charge in [0, 0.05) is 19.2 Å². The Morgan fingerprint density at radius 1 is 1.04 bits per heavy atom. The van der Waals surface area contributed by atoms with E-state index in [0.717, 1.165) is 11.1 Å². The highest BCUT2D eigenvalue weighted by atomic mass is 32.2. The minimum absolute atomic E-state index is 0.139. The number of sulfonamides is 1. The molecule has 0 aromatic heterocycles. The third kappa shape index (κ3) is 5.45. The zero-order valence-corrected chi connectivity index (χ0v) is 16.6. The summed E-state index contributed by atoms with van der Waals surface area (Å²) >= 11 is 0. The number of rotatable bonds is 8. The number of aryl methyl sites for hydroxylation is 1. The molecule has 7 nitrogen and oxygen atoms in total. The Balaban J connectivity index is 2.04. The van der Waals surface area contributed by atoms with Crippen molar-refractivity contribution in [2.24, 2.45) is 0 Å². The van der Waals surface area contributed by atoms with Gasteiger partial charge < -0.3 is 14.8 Å². The Bertz CT molecular complexity index is 908. The number of amides is 1. The average molecular weight is 392 g/mol. The van der Waals surface area contributed by atoms with Crippen LogP contribution in [0.2, 0.25) is 0 Å². The summed E-state index contributed by atoms with van der Waals surface area (Å²) in [5, 5.41) is 2.60. The SMILES string of the molecule is COc1cc(C)c(CCNS(=O)(=O)c2ccc(NC(C)=O)cc2)cc1OC. The van der Waals surface area contributed by atoms with Crippen LogP contribution < -0.4 is 19.5 Å². The molecule has 0 bridgehead atoms. The molecule has 0 spiro atoms. The van der Waals surface area contributed by atoms with Crippen molar-refractivity contribution in [2.45, 2.75) is 25.2 Å². The van der Waals surface area contributed by atoms with Crippen LogP contribution in [0, 0.1) is 6.92 Å². The van der Waals surface area contributed by atoms with E-state index in [4.69, 9.17) is 9.47 Å². The first kappa shape index (κ1) is 20.7. The molecule has 0 aliphatic heterocycles. The van der Waals surface area contributed by atoms with Gasteiger partial charge in [0.05, 0.1) is 19.1 Å². The van der Waals surface area contributed by atoms with Crippen LogP contribution in [-0.2, 0) is 21.2 Å². The molecule has 0 saturated heterocycles. The predicted molar refractivity (Wildman–Crippen MR) is 104 cm³/mol. The van der Waals surface area contributed by atoms with Gasteiger partial charge in [0.2, 0.25) is 15.9 Å². The van der Waals surface area contributed by atoms with E-state index in [1.807, 2.05) is 19.1 Å². The molecule has 27 heavy (non-hydrogen) atoms. The van der Waals surface area contributed by atoms with E-state index in [9.17, 15) is 13.2 Å². The number of nitrogens with one attached hydrogen (secondary N) is 2. The Morgan fingerprint density at radius 2 is 1.63 bits per heavy atom. The second-order valence-electron chi connectivity index (χ2n) is 5.99. The van der Waals surface area contributed by atoms with E-state index in [1.165, 1.54) is 19.1 Å². The largest absolute Gasteiger partial charge is 0.493 e. The summed E-state index contributed by atoms with van der Waals surface area (Å²) in [5.41, 5.74) is 2.50. The maximum atomic E-state index is 12.4. The number of benzene rings is 2. The van der Waals surface area contributed by atoms with Gasteiger partial charge >= 0.3 is 0 Å². The highest BCUT2D eigenvalue weighted by molar-refractivity contribution is 7.89. The lowest BCUT2D eigenvalue weighted by atomic mass is 10.0. The first-order valence-corrected chi connectivity index (χ1v) is 9.84. The number of hydrogen-bond acceptors (Lipinski definition) is 5. The van der Waals surface area contributed by atoms with Crippen LogP contribution in [-0.4, -0.2) is 35.1 Å². The summed E-state index contributed by atoms with van der Waals surface area (Å²) in [7, 11) is -0.504. The summed E-state index contributed by atoms with van der Waals surface area (Å²) < 4.78 is 38.0. The zero-order valence-electron chi connectivity index (χ0n) is 15.8. The van der Waals surface area contributed by atoms with Crippen molar-refractivity contribution in [1.29, 1.82) is 0 Å². The number of methoxy groups -OCH3 is 2. The summed E-state index contributed by atoms with van der Waals surface area (Å²) in [6, 6.07) is 9.72. The summed E-state index contributed by atoms with van der Waals surface area (Å²) in [6.07, 6.45) is 0.509. The van der Waals surface area contributed by atoms with Gasteiger partial charge in [0.15, 0.2) is 11.5 Å². The van der Waals surface area contributed by atoms with Gasteiger partial charge in [-0.1, -0.05) is 0 Å². The minimum Gasteiger partial charge on any atom is -0.493 e. The molecule has 2 aromatic carbocycles. The van der Waals surface area contributed by atoms with Crippen molar-refractivity contribution < 1.29 is 22.7 Å². The van der Waals surface area contributed by atoms with Crippen molar-refractivity contribution >= 4 is 21.6 Å². The molecule has 146 valence electrons. The maximum Gasteiger partial charge on any atom is 0.240 e. The van der Waals surface area contributed by atoms with Gasteiger partial charge in [-0.15, -0.1) is 0 Å². The summed E-state index contributed by atoms with van der Waals surface area (Å²) in [5.74, 6) is 1.03. The fraction of sp³-hybridized carbons (Fsp3) is 0.316. The monoisotopic (exact) mass is 392 g/mol. The first-order chi connectivity index (χ1) is 12.8. The van der Waals surface area contributed by atoms with E-state index < -0.39 is 10.0 Å². The molecule has 0 heterocycles. The van der Waals surface area contributed by atoms with Crippen molar-refractivity contribution in [3.8, 4) is 11.5 Å². The molecule has 0 aliphatic carbocycles. The number of hydrogen-bond donors (Lipinski definition) is 2. The average Bonchev–Trinajstić information content (AvgIpc) is 2.62. The molecule has 0 saturated carbocycles. The van der Waals surface area contributed by atoms with Gasteiger partial charge in [-0.05, 0) is 60.9 Å². The molecule has 2 aromatic rings. The van der Waals surface area contributed by atoms with Crippen LogP contribution in [0.1, 0.15) is 18.1 Å². The van der Waals surface area contributed by atoms with Gasteiger partial charge in [-0.25, -0.2) is 13.1 Å². The molecule has 0 unspecified atom stereocenters. The molecule has 2 rings (SSSR count). The predicted octanol–water partition coefficient (Wildman–Crippen LogP) is 2.49. The Morgan fingerprint density at radius 3 is 2.19 bits per heavy atom. The molecule has 8 heteroatoms. The Hall–Kier alpha value is -2.58. The molecular formula is C19H24N2O5S. The zero-order chi connectivity index (χ0) is 20.0. The Labute approximate surface area is 159 Å². The highest BCUT2D eigenvalue weighted by Crippen LogP contribution is 2.30. The molecule has 2 N–H and O–H groups in total. The summed E-state index contributed by atoms with van der Waals surface area (Å²) in [6.45, 7) is 3.57. The standard InChI is InChI=1S/C19H24N2O5S/c1-13-11-18(25-3)19(26-4)12-15(13)9-10-20-27(23,24)17-7-5-16(6-8-17)21-14(2)22/h5-8,11-12,20H,9-10H2,1-4H3,(H,21,22). The third-order valence-corrected chi connectivity index (χ3v) is 5.49. The lowest BCUT2D eigenvalue weighted by Crippen LogP contribution is -2.26. The highest BCUT2D eigenvalue weighted by Gasteiger charge is 2.14. The lowest BCUT2D eigenvalue weighted by molar-refractivity contribution is -0.114. The fourth-order valence-corrected chi connectivity index (χ4v) is 3.65. The van der Waals surface area contributed by atoms with Gasteiger partial charge in [-0.3, -0.25) is 4.79 Å². The van der Waals surface area contributed by atoms with E-state index >= 15 is 0 Å². The lowest BCUT2D eigenvalue weighted by Gasteiger charge is -2.13. The second-order valence-corrected chi connectivity index (χ2v) is 7.75. The molecule has 0 fully saturated rings. The van der Waals surface area contributed by atoms with E-state index in [1.54, 1.807) is 26.4 Å². The van der Waals surface area contributed by atoms with Gasteiger partial charge in [-0.2, -0.15) is 0 Å². The van der Waals surface area contributed by atoms with Crippen molar-refractivity contribution in [3.63, 3.8) is 0 Å². The first-order valence-electron chi connectivity index (χ1n) is 8.35. The Kier molecular flexibility index (Phi) is 6.81. The van der Waals surface area contributed by atoms with Crippen LogP contribution in [0.3, 0.4) is 0 Å². The van der Waals surface area contributed by atoms with Crippen LogP contribution in [0.25, 0.3) is 0 Å². The topological polar surface area (TPSA) is 93.7 Å². The van der Waals surface area contributed by atoms with Crippen molar-refractivity contribution in [3.05, 3.63) is 47.5 Å². The second kappa shape index (κ2) is 8.88. The van der Waals surface area contributed by atoms with Gasteiger partial charge in [0.25, 0.3) is 0 Å². The fourth-order valence-electron chi connectivity index (χ4n) is 2.62. The van der Waals surface area contributed by atoms with E-state index in [-0.39, 0.29) is 17.3 Å². The molecule has 0 radical (unpaired) electrons. The van der Waals surface area contributed by atoms with Crippen molar-refractivity contribution in [2.75, 3.05) is 26.1 Å². The molecular weight excluding hydrogens is 368 g/mol. The number of carbonyl (C=O) groups excluding carboxylic acids is 1. The van der Waals surface area contributed by atoms with E-state index in [0.29, 0.717) is 23.6 Å². The minimum atomic E-state index is -3.64. The molecule has 0 atom stereocenters. The maximum absolute atomic E-state index is 12.4. The quantitative estimate of drug-likeness (QED) is 0.720. The van der Waals surface area contributed by atoms with Crippen LogP contribution >= 0.6 is 0 Å². The molecule has 0 aliphatic rings. The van der Waals surface area contributed by atoms with Crippen LogP contribution in [0.15, 0.2) is 41.3 Å². The van der Waals surface area contributed by atoms with Crippen molar-refractivity contribution in [1.82, 2.24) is 4.72 Å². The number of anilines is 1. The van der Waals surface area contributed by atoms with E-state index in [2.05, 4.69) is 10.0 Å². The molecule has 1 amide bonds. The number of ether oxygens (including phenoxy) is 2. The van der Waals surface area contributed by atoms with Crippen LogP contribution in [0.4, 0.5) is 5.69 Å². The van der Waals surface area contributed by atoms with Gasteiger partial charge in [0.1, 0.15) is 0 Å². The number of carbonyl (C=O) groups is 1. The smallest absolute Gasteiger partial charge is 0.240 e. The van der Waals surface area contributed by atoms with Crippen LogP contribution in [0.5, 0.6) is 11.5 Å². The summed E-state index contributed by atoms with van der Waals surface area (Å²) in [4.78, 5) is 11.2.